The van der Waals surface area contributed by atoms with E-state index in [0.717, 1.165) is 31.2 Å². The van der Waals surface area contributed by atoms with Gasteiger partial charge in [0.1, 0.15) is 0 Å². The molecule has 0 saturated heterocycles. The van der Waals surface area contributed by atoms with Gasteiger partial charge in [0.15, 0.2) is 5.78 Å². The van der Waals surface area contributed by atoms with E-state index in [1.165, 1.54) is 29.5 Å². The third-order valence-corrected chi connectivity index (χ3v) is 4.58. The van der Waals surface area contributed by atoms with E-state index in [0.29, 0.717) is 11.8 Å². The van der Waals surface area contributed by atoms with E-state index >= 15 is 0 Å². The fourth-order valence-electron chi connectivity index (χ4n) is 3.38. The van der Waals surface area contributed by atoms with Gasteiger partial charge in [-0.15, -0.1) is 0 Å². The number of carbonyl (C=O) groups excluding carboxylic acids is 1. The average Bonchev–Trinajstić information content (AvgIpc) is 2.57. The maximum Gasteiger partial charge on any atom is 0.163 e. The van der Waals surface area contributed by atoms with Crippen molar-refractivity contribution in [3.63, 3.8) is 0 Å². The molecule has 0 aliphatic heterocycles. The first-order chi connectivity index (χ1) is 10.8. The zero-order chi connectivity index (χ0) is 15.4. The lowest BCUT2D eigenvalue weighted by atomic mass is 9.88. The Morgan fingerprint density at radius 3 is 2.27 bits per heavy atom. The van der Waals surface area contributed by atoms with Crippen molar-refractivity contribution in [3.05, 3.63) is 70.8 Å². The van der Waals surface area contributed by atoms with E-state index < -0.39 is 0 Å². The van der Waals surface area contributed by atoms with Crippen molar-refractivity contribution in [2.75, 3.05) is 0 Å². The molecule has 0 heterocycles. The second-order valence-electron chi connectivity index (χ2n) is 6.13. The predicted molar refractivity (Wildman–Crippen MR) is 90.0 cm³/mol. The highest BCUT2D eigenvalue weighted by atomic mass is 16.1. The minimum atomic E-state index is 0.292. The average molecular weight is 293 g/mol. The van der Waals surface area contributed by atoms with Crippen LogP contribution in [0.1, 0.15) is 58.8 Å². The van der Waals surface area contributed by atoms with E-state index in [4.69, 9.17) is 5.73 Å². The van der Waals surface area contributed by atoms with E-state index in [9.17, 15) is 4.79 Å². The molecule has 2 aliphatic carbocycles. The van der Waals surface area contributed by atoms with Gasteiger partial charge in [0.05, 0.1) is 0 Å². The quantitative estimate of drug-likeness (QED) is 0.790. The summed E-state index contributed by atoms with van der Waals surface area (Å²) in [5.41, 5.74) is 10.9. The second kappa shape index (κ2) is 6.89. The summed E-state index contributed by atoms with van der Waals surface area (Å²) in [6.07, 6.45) is 6.44. The fourth-order valence-corrected chi connectivity index (χ4v) is 3.38. The van der Waals surface area contributed by atoms with Crippen LogP contribution in [0.2, 0.25) is 0 Å². The van der Waals surface area contributed by atoms with Crippen molar-refractivity contribution >= 4 is 5.78 Å². The molecule has 0 aromatic heterocycles. The lowest BCUT2D eigenvalue weighted by Gasteiger charge is -2.21. The normalized spacial score (nSPS) is 19.5. The van der Waals surface area contributed by atoms with Gasteiger partial charge >= 0.3 is 0 Å². The van der Waals surface area contributed by atoms with Gasteiger partial charge in [-0.25, -0.2) is 0 Å². The summed E-state index contributed by atoms with van der Waals surface area (Å²) in [5, 5.41) is 0. The second-order valence-corrected chi connectivity index (χ2v) is 6.13. The molecule has 0 spiro atoms. The summed E-state index contributed by atoms with van der Waals surface area (Å²) in [7, 11) is 0. The zero-order valence-electron chi connectivity index (χ0n) is 12.9. The Bertz CT molecular complexity index is 662. The summed E-state index contributed by atoms with van der Waals surface area (Å²) in [5.74, 6) is 0.312. The fraction of sp³-hybridized carbons (Fsp3) is 0.350. The molecular weight excluding hydrogens is 270 g/mol. The topological polar surface area (TPSA) is 43.1 Å². The Balaban J connectivity index is 0.000000131. The summed E-state index contributed by atoms with van der Waals surface area (Å²) >= 11 is 0. The summed E-state index contributed by atoms with van der Waals surface area (Å²) in [6, 6.07) is 16.7. The molecule has 22 heavy (non-hydrogen) atoms. The van der Waals surface area contributed by atoms with Crippen molar-refractivity contribution < 1.29 is 4.79 Å². The Hall–Kier alpha value is -1.93. The Labute approximate surface area is 132 Å². The van der Waals surface area contributed by atoms with Gasteiger partial charge in [0.25, 0.3) is 0 Å². The minimum Gasteiger partial charge on any atom is -0.324 e. The molecule has 2 aliphatic rings. The van der Waals surface area contributed by atoms with Crippen molar-refractivity contribution in [3.8, 4) is 0 Å². The van der Waals surface area contributed by atoms with Crippen LogP contribution >= 0.6 is 0 Å². The van der Waals surface area contributed by atoms with Crippen molar-refractivity contribution in [1.82, 2.24) is 0 Å². The number of hydrogen-bond acceptors (Lipinski definition) is 2. The summed E-state index contributed by atoms with van der Waals surface area (Å²) in [6.45, 7) is 0. The molecule has 2 nitrogen and oxygen atoms in total. The highest BCUT2D eigenvalue weighted by Gasteiger charge is 2.15. The van der Waals surface area contributed by atoms with Crippen molar-refractivity contribution in [1.29, 1.82) is 0 Å². The number of fused-ring (bicyclic) bond motifs is 2. The molecule has 2 N–H and O–H groups in total. The maximum atomic E-state index is 11.3. The van der Waals surface area contributed by atoms with Gasteiger partial charge in [-0.2, -0.15) is 0 Å². The van der Waals surface area contributed by atoms with Crippen LogP contribution in [0, 0.1) is 0 Å². The molecule has 0 saturated carbocycles. The minimum absolute atomic E-state index is 0.292. The van der Waals surface area contributed by atoms with E-state index in [1.807, 2.05) is 24.3 Å². The molecule has 0 fully saturated rings. The van der Waals surface area contributed by atoms with Crippen LogP contribution in [0.5, 0.6) is 0 Å². The number of Topliss-reactive ketones (excluding diaryl/α,β-unsaturated/α-hetero) is 1. The van der Waals surface area contributed by atoms with Crippen LogP contribution in [0.15, 0.2) is 48.5 Å². The van der Waals surface area contributed by atoms with Crippen LogP contribution < -0.4 is 5.73 Å². The molecule has 0 radical (unpaired) electrons. The van der Waals surface area contributed by atoms with Crippen molar-refractivity contribution in [2.45, 2.75) is 44.6 Å². The lowest BCUT2D eigenvalue weighted by molar-refractivity contribution is 0.0972. The van der Waals surface area contributed by atoms with E-state index in [-0.39, 0.29) is 0 Å². The first-order valence-corrected chi connectivity index (χ1v) is 8.20. The molecule has 1 atom stereocenters. The third-order valence-electron chi connectivity index (χ3n) is 4.58. The van der Waals surface area contributed by atoms with E-state index in [2.05, 4.69) is 24.3 Å². The molecule has 114 valence electrons. The smallest absolute Gasteiger partial charge is 0.163 e. The monoisotopic (exact) mass is 293 g/mol. The molecule has 0 bridgehead atoms. The number of ketones is 1. The van der Waals surface area contributed by atoms with Gasteiger partial charge in [0, 0.05) is 18.0 Å². The first-order valence-electron chi connectivity index (χ1n) is 8.20. The van der Waals surface area contributed by atoms with Crippen LogP contribution in [-0.2, 0) is 12.8 Å². The molecule has 2 aromatic rings. The number of aryl methyl sites for hydroxylation is 2. The lowest BCUT2D eigenvalue weighted by Crippen LogP contribution is -2.16. The molecule has 0 unspecified atom stereocenters. The Morgan fingerprint density at radius 2 is 1.50 bits per heavy atom. The summed E-state index contributed by atoms with van der Waals surface area (Å²) < 4.78 is 0. The predicted octanol–water partition coefficient (Wildman–Crippen LogP) is 4.23. The largest absolute Gasteiger partial charge is 0.324 e. The summed E-state index contributed by atoms with van der Waals surface area (Å²) in [4.78, 5) is 11.3. The first kappa shape index (κ1) is 15.0. The standard InChI is InChI=1S/C10H13N.C10H10O/c2*11-10-7-3-5-8-4-1-2-6-9(8)10/h1-2,4,6,10H,3,5,7,11H2;1-2,4,6H,3,5,7H2/t10-;/m0./s1. The van der Waals surface area contributed by atoms with Crippen LogP contribution in [0.3, 0.4) is 0 Å². The molecule has 0 amide bonds. The van der Waals surface area contributed by atoms with E-state index in [1.54, 1.807) is 0 Å². The van der Waals surface area contributed by atoms with Gasteiger partial charge in [-0.1, -0.05) is 48.5 Å². The maximum absolute atomic E-state index is 11.3. The van der Waals surface area contributed by atoms with Gasteiger partial charge < -0.3 is 5.73 Å². The third kappa shape index (κ3) is 3.28. The zero-order valence-corrected chi connectivity index (χ0v) is 12.9. The number of benzene rings is 2. The number of carbonyl (C=O) groups is 1. The van der Waals surface area contributed by atoms with Gasteiger partial charge in [0.2, 0.25) is 0 Å². The van der Waals surface area contributed by atoms with Crippen LogP contribution in [-0.4, -0.2) is 5.78 Å². The molecule has 2 heteroatoms. The van der Waals surface area contributed by atoms with Crippen LogP contribution in [0.4, 0.5) is 0 Å². The SMILES string of the molecule is N[C@H]1CCCc2ccccc21.O=C1CCCc2ccccc21. The Morgan fingerprint density at radius 1 is 0.818 bits per heavy atom. The van der Waals surface area contributed by atoms with Gasteiger partial charge in [-0.3, -0.25) is 4.79 Å². The molecule has 4 rings (SSSR count). The highest BCUT2D eigenvalue weighted by molar-refractivity contribution is 5.98. The molecular formula is C20H23NO. The Kier molecular flexibility index (Phi) is 4.69. The highest BCUT2D eigenvalue weighted by Crippen LogP contribution is 2.27. The van der Waals surface area contributed by atoms with Crippen LogP contribution in [0.25, 0.3) is 0 Å². The number of nitrogens with two attached hydrogens (primary N) is 1. The number of hydrogen-bond donors (Lipinski definition) is 1. The number of rotatable bonds is 0. The van der Waals surface area contributed by atoms with Crippen molar-refractivity contribution in [2.24, 2.45) is 5.73 Å². The van der Waals surface area contributed by atoms with Gasteiger partial charge in [-0.05, 0) is 48.8 Å². The molecule has 2 aromatic carbocycles.